The summed E-state index contributed by atoms with van der Waals surface area (Å²) in [6.07, 6.45) is 11.7. The van der Waals surface area contributed by atoms with E-state index in [2.05, 4.69) is 23.8 Å². The molecule has 0 bridgehead atoms. The predicted molar refractivity (Wildman–Crippen MR) is 133 cm³/mol. The first kappa shape index (κ1) is 24.6. The Bertz CT molecular complexity index is 1050. The van der Waals surface area contributed by atoms with Crippen molar-refractivity contribution in [2.75, 3.05) is 0 Å². The van der Waals surface area contributed by atoms with Gasteiger partial charge >= 0.3 is 6.61 Å². The lowest BCUT2D eigenvalue weighted by molar-refractivity contribution is -0.0498. The number of hydrogen-bond donors (Lipinski definition) is 0. The molecule has 4 heteroatoms. The maximum atomic E-state index is 15.2. The van der Waals surface area contributed by atoms with Crippen molar-refractivity contribution < 1.29 is 17.9 Å². The van der Waals surface area contributed by atoms with E-state index in [9.17, 15) is 8.78 Å². The number of halogens is 3. The molecule has 1 nitrogen and oxygen atoms in total. The Hall–Kier alpha value is -2.49. The molecule has 0 aromatic heterocycles. The highest BCUT2D eigenvalue weighted by Gasteiger charge is 2.20. The van der Waals surface area contributed by atoms with Crippen LogP contribution in [-0.4, -0.2) is 6.61 Å². The van der Waals surface area contributed by atoms with Gasteiger partial charge in [0.05, 0.1) is 0 Å². The van der Waals surface area contributed by atoms with E-state index >= 15 is 4.39 Å². The number of hydrogen-bond acceptors (Lipinski definition) is 1. The van der Waals surface area contributed by atoms with Crippen molar-refractivity contribution in [2.24, 2.45) is 11.8 Å². The monoisotopic (exact) mass is 468 g/mol. The summed E-state index contributed by atoms with van der Waals surface area (Å²) in [7, 11) is 0. The molecule has 0 unspecified atom stereocenters. The third kappa shape index (κ3) is 6.55. The summed E-state index contributed by atoms with van der Waals surface area (Å²) >= 11 is 0. The predicted octanol–water partition coefficient (Wildman–Crippen LogP) is 8.90. The first-order valence-electron chi connectivity index (χ1n) is 12.8. The van der Waals surface area contributed by atoms with E-state index in [1.54, 1.807) is 12.1 Å². The van der Waals surface area contributed by atoms with Gasteiger partial charge in [0.25, 0.3) is 0 Å². The number of aryl methyl sites for hydroxylation is 3. The van der Waals surface area contributed by atoms with Gasteiger partial charge in [0.15, 0.2) is 0 Å². The second-order valence-electron chi connectivity index (χ2n) is 9.83. The van der Waals surface area contributed by atoms with E-state index in [1.807, 2.05) is 18.2 Å². The van der Waals surface area contributed by atoms with Gasteiger partial charge in [-0.15, -0.1) is 0 Å². The Balaban J connectivity index is 1.33. The van der Waals surface area contributed by atoms with Crippen LogP contribution in [0.5, 0.6) is 5.75 Å². The summed E-state index contributed by atoms with van der Waals surface area (Å²) < 4.78 is 44.1. The summed E-state index contributed by atoms with van der Waals surface area (Å²) in [5, 5.41) is 1.63. The van der Waals surface area contributed by atoms with Gasteiger partial charge in [-0.3, -0.25) is 0 Å². The normalized spacial score (nSPS) is 18.5. The minimum atomic E-state index is -2.83. The van der Waals surface area contributed by atoms with Gasteiger partial charge in [-0.1, -0.05) is 87.9 Å². The molecule has 0 heterocycles. The van der Waals surface area contributed by atoms with Crippen molar-refractivity contribution in [3.63, 3.8) is 0 Å². The van der Waals surface area contributed by atoms with Crippen LogP contribution in [0.25, 0.3) is 10.8 Å². The van der Waals surface area contributed by atoms with Gasteiger partial charge in [-0.05, 0) is 71.7 Å². The van der Waals surface area contributed by atoms with Crippen LogP contribution in [-0.2, 0) is 19.3 Å². The Morgan fingerprint density at radius 3 is 2.15 bits per heavy atom. The van der Waals surface area contributed by atoms with Crippen LogP contribution < -0.4 is 4.74 Å². The molecule has 4 rings (SSSR count). The highest BCUT2D eigenvalue weighted by Crippen LogP contribution is 2.34. The first-order valence-corrected chi connectivity index (χ1v) is 12.8. The summed E-state index contributed by atoms with van der Waals surface area (Å²) in [4.78, 5) is 0. The largest absolute Gasteiger partial charge is 0.435 e. The summed E-state index contributed by atoms with van der Waals surface area (Å²) in [6.45, 7) is -0.545. The number of rotatable bonds is 10. The first-order chi connectivity index (χ1) is 16.5. The maximum Gasteiger partial charge on any atom is 0.387 e. The van der Waals surface area contributed by atoms with Crippen molar-refractivity contribution in [2.45, 2.75) is 77.7 Å². The molecule has 0 spiro atoms. The van der Waals surface area contributed by atoms with Gasteiger partial charge in [-0.25, -0.2) is 4.39 Å². The zero-order chi connectivity index (χ0) is 23.9. The lowest BCUT2D eigenvalue weighted by atomic mass is 9.78. The van der Waals surface area contributed by atoms with Gasteiger partial charge in [-0.2, -0.15) is 8.78 Å². The fourth-order valence-electron chi connectivity index (χ4n) is 5.44. The quantitative estimate of drug-likeness (QED) is 0.289. The third-order valence-electron chi connectivity index (χ3n) is 7.43. The highest BCUT2D eigenvalue weighted by atomic mass is 19.3. The number of ether oxygens (including phenoxy) is 1. The van der Waals surface area contributed by atoms with E-state index in [-0.39, 0.29) is 11.6 Å². The summed E-state index contributed by atoms with van der Waals surface area (Å²) in [6, 6.07) is 16.6. The van der Waals surface area contributed by atoms with Crippen molar-refractivity contribution >= 4 is 10.8 Å². The third-order valence-corrected chi connectivity index (χ3v) is 7.43. The average molecular weight is 469 g/mol. The second-order valence-corrected chi connectivity index (χ2v) is 9.83. The van der Waals surface area contributed by atoms with E-state index < -0.39 is 6.61 Å². The Morgan fingerprint density at radius 1 is 0.794 bits per heavy atom. The number of benzene rings is 3. The minimum absolute atomic E-state index is 0.135. The molecule has 3 aromatic carbocycles. The lowest BCUT2D eigenvalue weighted by Gasteiger charge is -2.28. The van der Waals surface area contributed by atoms with E-state index in [1.165, 1.54) is 62.6 Å². The Kier molecular flexibility index (Phi) is 8.53. The molecular formula is C30H35F3O. The molecule has 0 atom stereocenters. The summed E-state index contributed by atoms with van der Waals surface area (Å²) in [5.41, 5.74) is 2.93. The van der Waals surface area contributed by atoms with Crippen LogP contribution in [0.1, 0.15) is 68.6 Å². The SMILES string of the molecule is CCCC1CCC(CCc2ccc3c(F)c(CCc4ccc(OC(F)F)cc4)ccc3c2)CC1. The molecule has 1 aliphatic rings. The molecule has 0 N–H and O–H groups in total. The molecule has 0 amide bonds. The molecule has 1 fully saturated rings. The number of fused-ring (bicyclic) bond motifs is 1. The average Bonchev–Trinajstić information content (AvgIpc) is 2.84. The standard InChI is InChI=1S/C30H35F3O/c1-2-3-21-4-6-22(7-5-21)8-9-24-13-19-28-26(20-24)16-15-25(29(28)31)14-10-23-11-17-27(18-12-23)34-30(32)33/h11-13,15-22,30H,2-10,14H2,1H3. The Morgan fingerprint density at radius 2 is 1.47 bits per heavy atom. The molecule has 3 aromatic rings. The molecule has 0 aliphatic heterocycles. The van der Waals surface area contributed by atoms with Crippen LogP contribution in [0.4, 0.5) is 13.2 Å². The van der Waals surface area contributed by atoms with Gasteiger partial charge in [0.2, 0.25) is 0 Å². The molecule has 0 saturated heterocycles. The van der Waals surface area contributed by atoms with Crippen molar-refractivity contribution in [3.8, 4) is 5.75 Å². The van der Waals surface area contributed by atoms with Gasteiger partial charge in [0.1, 0.15) is 11.6 Å². The fraction of sp³-hybridized carbons (Fsp3) is 0.467. The van der Waals surface area contributed by atoms with E-state index in [0.29, 0.717) is 23.8 Å². The van der Waals surface area contributed by atoms with Crippen LogP contribution in [0.15, 0.2) is 54.6 Å². The van der Waals surface area contributed by atoms with Crippen molar-refractivity contribution in [1.29, 1.82) is 0 Å². The van der Waals surface area contributed by atoms with Crippen molar-refractivity contribution in [1.82, 2.24) is 0 Å². The smallest absolute Gasteiger partial charge is 0.387 e. The van der Waals surface area contributed by atoms with Gasteiger partial charge < -0.3 is 4.74 Å². The molecule has 1 saturated carbocycles. The molecule has 1 aliphatic carbocycles. The lowest BCUT2D eigenvalue weighted by Crippen LogP contribution is -2.15. The minimum Gasteiger partial charge on any atom is -0.435 e. The van der Waals surface area contributed by atoms with Crippen LogP contribution in [0, 0.1) is 17.7 Å². The topological polar surface area (TPSA) is 9.23 Å². The van der Waals surface area contributed by atoms with Gasteiger partial charge in [0, 0.05) is 5.39 Å². The second kappa shape index (κ2) is 11.8. The van der Waals surface area contributed by atoms with Crippen molar-refractivity contribution in [3.05, 3.63) is 77.1 Å². The number of alkyl halides is 2. The molecular weight excluding hydrogens is 433 g/mol. The maximum absolute atomic E-state index is 15.2. The van der Waals surface area contributed by atoms with E-state index in [0.717, 1.165) is 29.2 Å². The van der Waals surface area contributed by atoms with Crippen LogP contribution in [0.2, 0.25) is 0 Å². The molecule has 182 valence electrons. The zero-order valence-electron chi connectivity index (χ0n) is 20.0. The van der Waals surface area contributed by atoms with Crippen LogP contribution >= 0.6 is 0 Å². The highest BCUT2D eigenvalue weighted by molar-refractivity contribution is 5.84. The fourth-order valence-corrected chi connectivity index (χ4v) is 5.44. The Labute approximate surface area is 201 Å². The molecule has 34 heavy (non-hydrogen) atoms. The zero-order valence-corrected chi connectivity index (χ0v) is 20.0. The summed E-state index contributed by atoms with van der Waals surface area (Å²) in [5.74, 6) is 1.75. The van der Waals surface area contributed by atoms with E-state index in [4.69, 9.17) is 0 Å². The van der Waals surface area contributed by atoms with Crippen LogP contribution in [0.3, 0.4) is 0 Å². The molecule has 0 radical (unpaired) electrons.